The van der Waals surface area contributed by atoms with Gasteiger partial charge in [-0.3, -0.25) is 9.30 Å². The Kier molecular flexibility index (Phi) is 6.15. The van der Waals surface area contributed by atoms with Gasteiger partial charge in [0.25, 0.3) is 0 Å². The molecule has 9 heteroatoms. The number of pyridine rings is 1. The molecule has 0 saturated carbocycles. The average Bonchev–Trinajstić information content (AvgIpc) is 3.01. The van der Waals surface area contributed by atoms with Gasteiger partial charge in [-0.2, -0.15) is 13.2 Å². The zero-order valence-electron chi connectivity index (χ0n) is 17.7. The van der Waals surface area contributed by atoms with E-state index in [-0.39, 0.29) is 5.69 Å². The molecular formula is C22H24F3N3O3. The summed E-state index contributed by atoms with van der Waals surface area (Å²) in [7, 11) is 0. The maximum absolute atomic E-state index is 13.0. The third-order valence-corrected chi connectivity index (χ3v) is 4.25. The van der Waals surface area contributed by atoms with Gasteiger partial charge in [-0.25, -0.2) is 9.78 Å². The van der Waals surface area contributed by atoms with E-state index in [0.29, 0.717) is 17.1 Å². The fraction of sp³-hybridized carbons (Fsp3) is 0.364. The van der Waals surface area contributed by atoms with Crippen molar-refractivity contribution in [2.24, 2.45) is 0 Å². The van der Waals surface area contributed by atoms with Crippen molar-refractivity contribution in [3.05, 3.63) is 54.5 Å². The molecule has 3 rings (SSSR count). The van der Waals surface area contributed by atoms with Crippen LogP contribution in [0.1, 0.15) is 32.9 Å². The number of rotatable bonds is 5. The van der Waals surface area contributed by atoms with E-state index in [2.05, 4.69) is 4.98 Å². The number of amides is 1. The number of carbonyl (C=O) groups is 1. The maximum atomic E-state index is 13.0. The molecule has 0 radical (unpaired) electrons. The molecule has 0 saturated heterocycles. The van der Waals surface area contributed by atoms with Crippen molar-refractivity contribution in [2.75, 3.05) is 11.4 Å². The minimum Gasteiger partial charge on any atom is -0.456 e. The summed E-state index contributed by atoms with van der Waals surface area (Å²) in [4.78, 5) is 18.1. The van der Waals surface area contributed by atoms with Gasteiger partial charge in [0.15, 0.2) is 5.65 Å². The zero-order valence-corrected chi connectivity index (χ0v) is 17.7. The van der Waals surface area contributed by atoms with Crippen LogP contribution in [-0.2, 0) is 4.74 Å². The molecular weight excluding hydrogens is 411 g/mol. The SMILES string of the molecule is Cc1cnc2c(N(CCC(F)(F)F)C(=O)OC(C)(C)C)cc(Oc3ccccc3)cn12. The Bertz CT molecular complexity index is 1060. The Morgan fingerprint density at radius 1 is 1.13 bits per heavy atom. The molecule has 2 aromatic heterocycles. The van der Waals surface area contributed by atoms with Crippen LogP contribution >= 0.6 is 0 Å². The highest BCUT2D eigenvalue weighted by Crippen LogP contribution is 2.32. The molecule has 166 valence electrons. The standard InChI is InChI=1S/C22H24F3N3O3/c1-15-13-26-19-18(12-17(14-28(15)19)30-16-8-6-5-7-9-16)27(11-10-22(23,24)25)20(29)31-21(2,3)4/h5-9,12-14H,10-11H2,1-4H3. The molecule has 2 heterocycles. The Labute approximate surface area is 178 Å². The lowest BCUT2D eigenvalue weighted by Crippen LogP contribution is -2.39. The van der Waals surface area contributed by atoms with E-state index in [0.717, 1.165) is 10.6 Å². The van der Waals surface area contributed by atoms with Gasteiger partial charge in [-0.1, -0.05) is 18.2 Å². The minimum atomic E-state index is -4.44. The van der Waals surface area contributed by atoms with Crippen molar-refractivity contribution >= 4 is 17.4 Å². The van der Waals surface area contributed by atoms with Crippen LogP contribution in [0.4, 0.5) is 23.7 Å². The molecule has 0 atom stereocenters. The van der Waals surface area contributed by atoms with Gasteiger partial charge in [-0.15, -0.1) is 0 Å². The number of fused-ring (bicyclic) bond motifs is 1. The van der Waals surface area contributed by atoms with Crippen molar-refractivity contribution in [1.29, 1.82) is 0 Å². The number of nitrogens with zero attached hydrogens (tertiary/aromatic N) is 3. The van der Waals surface area contributed by atoms with E-state index in [4.69, 9.17) is 9.47 Å². The molecule has 0 aliphatic rings. The molecule has 0 unspecified atom stereocenters. The summed E-state index contributed by atoms with van der Waals surface area (Å²) in [6.07, 6.45) is -3.29. The highest BCUT2D eigenvalue weighted by Gasteiger charge is 2.32. The number of anilines is 1. The summed E-state index contributed by atoms with van der Waals surface area (Å²) in [6.45, 7) is 6.13. The molecule has 1 aromatic carbocycles. The van der Waals surface area contributed by atoms with Crippen molar-refractivity contribution < 1.29 is 27.4 Å². The molecule has 0 fully saturated rings. The van der Waals surface area contributed by atoms with Crippen LogP contribution in [-0.4, -0.2) is 33.8 Å². The van der Waals surface area contributed by atoms with E-state index in [1.807, 2.05) is 6.07 Å². The Hall–Kier alpha value is -3.23. The number of halogens is 3. The van der Waals surface area contributed by atoms with Gasteiger partial charge < -0.3 is 9.47 Å². The van der Waals surface area contributed by atoms with Crippen LogP contribution in [0.25, 0.3) is 5.65 Å². The highest BCUT2D eigenvalue weighted by molar-refractivity contribution is 5.93. The lowest BCUT2D eigenvalue weighted by molar-refractivity contribution is -0.132. The Morgan fingerprint density at radius 3 is 2.42 bits per heavy atom. The Balaban J connectivity index is 2.08. The minimum absolute atomic E-state index is 0.167. The van der Waals surface area contributed by atoms with Crippen LogP contribution in [0, 0.1) is 6.92 Å². The first-order valence-corrected chi connectivity index (χ1v) is 9.71. The monoisotopic (exact) mass is 435 g/mol. The molecule has 0 N–H and O–H groups in total. The normalized spacial score (nSPS) is 12.1. The van der Waals surface area contributed by atoms with E-state index in [1.165, 1.54) is 6.07 Å². The summed E-state index contributed by atoms with van der Waals surface area (Å²) < 4.78 is 51.9. The summed E-state index contributed by atoms with van der Waals surface area (Å²) in [5.74, 6) is 0.889. The number of para-hydroxylation sites is 1. The predicted molar refractivity (Wildman–Crippen MR) is 111 cm³/mol. The van der Waals surface area contributed by atoms with Crippen molar-refractivity contribution in [1.82, 2.24) is 9.38 Å². The molecule has 0 aliphatic heterocycles. The number of alkyl halides is 3. The van der Waals surface area contributed by atoms with Crippen LogP contribution in [0.15, 0.2) is 48.8 Å². The smallest absolute Gasteiger partial charge is 0.414 e. The van der Waals surface area contributed by atoms with Crippen LogP contribution in [0.2, 0.25) is 0 Å². The maximum Gasteiger partial charge on any atom is 0.414 e. The average molecular weight is 435 g/mol. The van der Waals surface area contributed by atoms with Crippen LogP contribution < -0.4 is 9.64 Å². The van der Waals surface area contributed by atoms with Gasteiger partial charge in [0.2, 0.25) is 0 Å². The number of hydrogen-bond donors (Lipinski definition) is 0. The van der Waals surface area contributed by atoms with Gasteiger partial charge >= 0.3 is 12.3 Å². The van der Waals surface area contributed by atoms with Gasteiger partial charge in [0.05, 0.1) is 18.3 Å². The quantitative estimate of drug-likeness (QED) is 0.484. The van der Waals surface area contributed by atoms with E-state index in [9.17, 15) is 18.0 Å². The first kappa shape index (κ1) is 22.5. The molecule has 0 aliphatic carbocycles. The molecule has 0 bridgehead atoms. The predicted octanol–water partition coefficient (Wildman–Crippen LogP) is 6.13. The number of benzene rings is 1. The number of ether oxygens (including phenoxy) is 2. The van der Waals surface area contributed by atoms with Gasteiger partial charge in [0, 0.05) is 24.5 Å². The molecule has 0 spiro atoms. The van der Waals surface area contributed by atoms with E-state index < -0.39 is 30.8 Å². The highest BCUT2D eigenvalue weighted by atomic mass is 19.4. The second-order valence-corrected chi connectivity index (χ2v) is 8.07. The first-order chi connectivity index (χ1) is 14.4. The fourth-order valence-electron chi connectivity index (χ4n) is 2.91. The molecule has 1 amide bonds. The number of hydrogen-bond acceptors (Lipinski definition) is 4. The van der Waals surface area contributed by atoms with Crippen molar-refractivity contribution in [3.63, 3.8) is 0 Å². The second-order valence-electron chi connectivity index (χ2n) is 8.07. The molecule has 31 heavy (non-hydrogen) atoms. The topological polar surface area (TPSA) is 56.1 Å². The number of aryl methyl sites for hydroxylation is 1. The summed E-state index contributed by atoms with van der Waals surface area (Å²) in [5, 5.41) is 0. The zero-order chi connectivity index (χ0) is 22.8. The first-order valence-electron chi connectivity index (χ1n) is 9.71. The molecule has 3 aromatic rings. The van der Waals surface area contributed by atoms with E-state index >= 15 is 0 Å². The molecule has 6 nitrogen and oxygen atoms in total. The third-order valence-electron chi connectivity index (χ3n) is 4.25. The number of aromatic nitrogens is 2. The van der Waals surface area contributed by atoms with E-state index in [1.54, 1.807) is 68.8 Å². The van der Waals surface area contributed by atoms with Crippen molar-refractivity contribution in [2.45, 2.75) is 45.9 Å². The van der Waals surface area contributed by atoms with Gasteiger partial charge in [0.1, 0.15) is 17.1 Å². The lowest BCUT2D eigenvalue weighted by atomic mass is 10.2. The van der Waals surface area contributed by atoms with Crippen LogP contribution in [0.5, 0.6) is 11.5 Å². The largest absolute Gasteiger partial charge is 0.456 e. The summed E-state index contributed by atoms with van der Waals surface area (Å²) in [6, 6.07) is 10.4. The van der Waals surface area contributed by atoms with Crippen LogP contribution in [0.3, 0.4) is 0 Å². The van der Waals surface area contributed by atoms with Crippen molar-refractivity contribution in [3.8, 4) is 11.5 Å². The number of carbonyl (C=O) groups excluding carboxylic acids is 1. The summed E-state index contributed by atoms with van der Waals surface area (Å²) >= 11 is 0. The number of imidazole rings is 1. The fourth-order valence-corrected chi connectivity index (χ4v) is 2.91. The lowest BCUT2D eigenvalue weighted by Gasteiger charge is -2.28. The Morgan fingerprint density at radius 2 is 1.81 bits per heavy atom. The third kappa shape index (κ3) is 5.90. The second kappa shape index (κ2) is 8.49. The van der Waals surface area contributed by atoms with Gasteiger partial charge in [-0.05, 0) is 39.8 Å². The summed E-state index contributed by atoms with van der Waals surface area (Å²) in [5.41, 5.74) is 0.341.